The molecule has 1 heterocycles. The zero-order valence-electron chi connectivity index (χ0n) is 11.8. The van der Waals surface area contributed by atoms with Crippen LogP contribution in [-0.4, -0.2) is 19.3 Å². The Morgan fingerprint density at radius 1 is 1.21 bits per heavy atom. The third kappa shape index (κ3) is 4.37. The molecular formula is C16H23NO2. The van der Waals surface area contributed by atoms with Crippen LogP contribution in [0, 0.1) is 0 Å². The minimum Gasteiger partial charge on any atom is -0.464 e. The van der Waals surface area contributed by atoms with Crippen molar-refractivity contribution in [2.75, 3.05) is 13.2 Å². The highest BCUT2D eigenvalue weighted by Gasteiger charge is 2.03. The largest absolute Gasteiger partial charge is 0.464 e. The lowest BCUT2D eigenvalue weighted by Gasteiger charge is -2.07. The Morgan fingerprint density at radius 3 is 2.89 bits per heavy atom. The second-order valence-electron chi connectivity index (χ2n) is 5.06. The Morgan fingerprint density at radius 2 is 2.05 bits per heavy atom. The molecule has 0 unspecified atom stereocenters. The summed E-state index contributed by atoms with van der Waals surface area (Å²) in [6, 6.07) is 8.15. The maximum Gasteiger partial charge on any atom is 0.134 e. The van der Waals surface area contributed by atoms with Gasteiger partial charge in [-0.3, -0.25) is 0 Å². The van der Waals surface area contributed by atoms with Crippen LogP contribution in [0.4, 0.5) is 0 Å². The Hall–Kier alpha value is -1.32. The van der Waals surface area contributed by atoms with Crippen molar-refractivity contribution < 1.29 is 9.15 Å². The van der Waals surface area contributed by atoms with Crippen LogP contribution in [0.25, 0.3) is 11.0 Å². The van der Waals surface area contributed by atoms with E-state index in [1.807, 2.05) is 24.5 Å². The highest BCUT2D eigenvalue weighted by atomic mass is 16.5. The molecule has 3 nitrogen and oxygen atoms in total. The minimum atomic E-state index is 0.338. The van der Waals surface area contributed by atoms with E-state index in [-0.39, 0.29) is 0 Å². The van der Waals surface area contributed by atoms with Gasteiger partial charge in [0.2, 0.25) is 0 Å². The van der Waals surface area contributed by atoms with E-state index in [0.29, 0.717) is 6.10 Å². The fourth-order valence-electron chi connectivity index (χ4n) is 2.06. The normalized spacial score (nSPS) is 11.5. The summed E-state index contributed by atoms with van der Waals surface area (Å²) in [5, 5.41) is 4.66. The van der Waals surface area contributed by atoms with Gasteiger partial charge in [-0.25, -0.2) is 0 Å². The molecule has 2 aromatic rings. The molecule has 0 amide bonds. The molecule has 0 bridgehead atoms. The minimum absolute atomic E-state index is 0.338. The summed E-state index contributed by atoms with van der Waals surface area (Å²) in [4.78, 5) is 0. The number of fused-ring (bicyclic) bond motifs is 1. The van der Waals surface area contributed by atoms with Gasteiger partial charge >= 0.3 is 0 Å². The van der Waals surface area contributed by atoms with E-state index in [1.165, 1.54) is 10.9 Å². The molecule has 2 rings (SSSR count). The zero-order valence-corrected chi connectivity index (χ0v) is 11.8. The van der Waals surface area contributed by atoms with Crippen LogP contribution in [0.2, 0.25) is 0 Å². The Balaban J connectivity index is 1.66. The predicted octanol–water partition coefficient (Wildman–Crippen LogP) is 3.73. The summed E-state index contributed by atoms with van der Waals surface area (Å²) in [5.74, 6) is 0. The average molecular weight is 261 g/mol. The van der Waals surface area contributed by atoms with E-state index in [0.717, 1.165) is 38.1 Å². The van der Waals surface area contributed by atoms with Crippen molar-refractivity contribution in [3.63, 3.8) is 0 Å². The molecule has 0 aliphatic carbocycles. The number of furan rings is 1. The van der Waals surface area contributed by atoms with Gasteiger partial charge in [-0.1, -0.05) is 18.2 Å². The summed E-state index contributed by atoms with van der Waals surface area (Å²) in [5.41, 5.74) is 2.19. The second kappa shape index (κ2) is 7.31. The third-order valence-electron chi connectivity index (χ3n) is 3.08. The van der Waals surface area contributed by atoms with Gasteiger partial charge in [-0.2, -0.15) is 0 Å². The number of hydrogen-bond donors (Lipinski definition) is 1. The molecule has 0 aliphatic heterocycles. The lowest BCUT2D eigenvalue weighted by Crippen LogP contribution is -2.15. The molecule has 104 valence electrons. The van der Waals surface area contributed by atoms with Crippen molar-refractivity contribution >= 4 is 11.0 Å². The summed E-state index contributed by atoms with van der Waals surface area (Å²) < 4.78 is 11.0. The van der Waals surface area contributed by atoms with E-state index in [1.54, 1.807) is 0 Å². The Labute approximate surface area is 114 Å². The quantitative estimate of drug-likeness (QED) is 0.735. The van der Waals surface area contributed by atoms with E-state index in [4.69, 9.17) is 9.15 Å². The molecule has 1 aromatic heterocycles. The fraction of sp³-hybridized carbons (Fsp3) is 0.500. The molecule has 3 heteroatoms. The smallest absolute Gasteiger partial charge is 0.134 e. The van der Waals surface area contributed by atoms with Crippen molar-refractivity contribution in [2.45, 2.75) is 39.3 Å². The van der Waals surface area contributed by atoms with Gasteiger partial charge in [0.05, 0.1) is 12.4 Å². The monoisotopic (exact) mass is 261 g/mol. The van der Waals surface area contributed by atoms with Gasteiger partial charge in [-0.15, -0.1) is 0 Å². The zero-order chi connectivity index (χ0) is 13.5. The topological polar surface area (TPSA) is 34.4 Å². The number of unbranched alkanes of at least 4 members (excludes halogenated alkanes) is 1. The first-order chi connectivity index (χ1) is 9.27. The number of benzene rings is 1. The van der Waals surface area contributed by atoms with Gasteiger partial charge in [0, 0.05) is 24.1 Å². The number of ether oxygens (including phenoxy) is 1. The van der Waals surface area contributed by atoms with E-state index in [2.05, 4.69) is 25.2 Å². The van der Waals surface area contributed by atoms with E-state index in [9.17, 15) is 0 Å². The first-order valence-electron chi connectivity index (χ1n) is 7.05. The number of nitrogens with one attached hydrogen (secondary N) is 1. The maximum absolute atomic E-state index is 5.51. The summed E-state index contributed by atoms with van der Waals surface area (Å²) >= 11 is 0. The van der Waals surface area contributed by atoms with Crippen molar-refractivity contribution in [1.29, 1.82) is 0 Å². The second-order valence-corrected chi connectivity index (χ2v) is 5.06. The van der Waals surface area contributed by atoms with Crippen LogP contribution in [0.3, 0.4) is 0 Å². The van der Waals surface area contributed by atoms with E-state index < -0.39 is 0 Å². The highest BCUT2D eigenvalue weighted by Crippen LogP contribution is 2.20. The molecule has 0 aliphatic rings. The van der Waals surface area contributed by atoms with Crippen molar-refractivity contribution in [1.82, 2.24) is 5.32 Å². The molecule has 1 aromatic carbocycles. The summed E-state index contributed by atoms with van der Waals surface area (Å²) in [6.07, 6.45) is 4.43. The lowest BCUT2D eigenvalue weighted by atomic mass is 10.2. The number of hydrogen-bond acceptors (Lipinski definition) is 3. The molecule has 0 atom stereocenters. The molecule has 0 fully saturated rings. The van der Waals surface area contributed by atoms with Crippen LogP contribution in [0.1, 0.15) is 32.3 Å². The summed E-state index contributed by atoms with van der Waals surface area (Å²) in [6.45, 7) is 6.88. The van der Waals surface area contributed by atoms with Gasteiger partial charge in [0.1, 0.15) is 5.58 Å². The van der Waals surface area contributed by atoms with Crippen molar-refractivity contribution in [2.24, 2.45) is 0 Å². The predicted molar refractivity (Wildman–Crippen MR) is 78.2 cm³/mol. The van der Waals surface area contributed by atoms with E-state index >= 15 is 0 Å². The number of rotatable bonds is 8. The first kappa shape index (κ1) is 14.1. The third-order valence-corrected chi connectivity index (χ3v) is 3.08. The average Bonchev–Trinajstić information content (AvgIpc) is 2.81. The van der Waals surface area contributed by atoms with Crippen LogP contribution in [0.5, 0.6) is 0 Å². The first-order valence-corrected chi connectivity index (χ1v) is 7.05. The van der Waals surface area contributed by atoms with Crippen molar-refractivity contribution in [3.8, 4) is 0 Å². The SMILES string of the molecule is CC(C)OCCCCNCc1coc2ccccc12. The summed E-state index contributed by atoms with van der Waals surface area (Å²) in [7, 11) is 0. The van der Waals surface area contributed by atoms with Crippen molar-refractivity contribution in [3.05, 3.63) is 36.1 Å². The van der Waals surface area contributed by atoms with Crippen LogP contribution < -0.4 is 5.32 Å². The molecule has 0 radical (unpaired) electrons. The standard InChI is InChI=1S/C16H23NO2/c1-13(2)18-10-6-5-9-17-11-14-12-19-16-8-4-3-7-15(14)16/h3-4,7-8,12-13,17H,5-6,9-11H2,1-2H3. The van der Waals surface area contributed by atoms with Crippen LogP contribution in [0.15, 0.2) is 34.9 Å². The molecule has 0 spiro atoms. The molecule has 0 saturated heterocycles. The Kier molecular flexibility index (Phi) is 5.43. The molecule has 0 saturated carbocycles. The molecule has 1 N–H and O–H groups in total. The molecule has 19 heavy (non-hydrogen) atoms. The lowest BCUT2D eigenvalue weighted by molar-refractivity contribution is 0.0760. The molecular weight excluding hydrogens is 238 g/mol. The van der Waals surface area contributed by atoms with Gasteiger partial charge in [-0.05, 0) is 39.3 Å². The van der Waals surface area contributed by atoms with Gasteiger partial charge in [0.25, 0.3) is 0 Å². The Bertz CT molecular complexity index is 490. The van der Waals surface area contributed by atoms with Crippen LogP contribution >= 0.6 is 0 Å². The van der Waals surface area contributed by atoms with Gasteiger partial charge < -0.3 is 14.5 Å². The fourth-order valence-corrected chi connectivity index (χ4v) is 2.06. The highest BCUT2D eigenvalue weighted by molar-refractivity contribution is 5.80. The maximum atomic E-state index is 5.51. The van der Waals surface area contributed by atoms with Crippen LogP contribution in [-0.2, 0) is 11.3 Å². The number of para-hydroxylation sites is 1. The van der Waals surface area contributed by atoms with Gasteiger partial charge in [0.15, 0.2) is 0 Å².